The van der Waals surface area contributed by atoms with Crippen LogP contribution in [0.25, 0.3) is 0 Å². The number of rotatable bonds is 2. The minimum atomic E-state index is -4.61. The number of carbonyl (C=O) groups is 2. The van der Waals surface area contributed by atoms with Crippen LogP contribution in [-0.2, 0) is 15.7 Å². The van der Waals surface area contributed by atoms with E-state index < -0.39 is 29.8 Å². The van der Waals surface area contributed by atoms with Gasteiger partial charge in [-0.05, 0) is 18.6 Å². The van der Waals surface area contributed by atoms with Gasteiger partial charge in [-0.3, -0.25) is 0 Å². The lowest BCUT2D eigenvalue weighted by Crippen LogP contribution is -2.47. The van der Waals surface area contributed by atoms with Crippen molar-refractivity contribution in [3.8, 4) is 0 Å². The van der Waals surface area contributed by atoms with E-state index in [0.29, 0.717) is 0 Å². The van der Waals surface area contributed by atoms with E-state index in [9.17, 15) is 22.8 Å². The lowest BCUT2D eigenvalue weighted by molar-refractivity contribution is -0.140. The molecular formula is C16H17F3N2O3. The fourth-order valence-electron chi connectivity index (χ4n) is 2.79. The maximum Gasteiger partial charge on any atom is 0.416 e. The van der Waals surface area contributed by atoms with Crippen molar-refractivity contribution in [2.75, 3.05) is 21.2 Å². The monoisotopic (exact) mass is 342 g/mol. The maximum absolute atomic E-state index is 13.4. The number of amides is 2. The number of hydrogen-bond donors (Lipinski definition) is 0. The van der Waals surface area contributed by atoms with Crippen LogP contribution in [0, 0.1) is 0 Å². The largest absolute Gasteiger partial charge is 0.466 e. The molecule has 1 aromatic carbocycles. The van der Waals surface area contributed by atoms with Gasteiger partial charge in [0.2, 0.25) is 0 Å². The van der Waals surface area contributed by atoms with E-state index in [1.54, 1.807) is 0 Å². The first-order valence-corrected chi connectivity index (χ1v) is 7.07. The summed E-state index contributed by atoms with van der Waals surface area (Å²) in [5.41, 5.74) is -0.812. The number of benzene rings is 1. The Morgan fingerprint density at radius 2 is 1.79 bits per heavy atom. The van der Waals surface area contributed by atoms with Crippen molar-refractivity contribution in [3.05, 3.63) is 46.7 Å². The number of likely N-dealkylation sites (N-methyl/N-ethyl adjacent to an activating group) is 1. The first-order valence-electron chi connectivity index (χ1n) is 7.07. The lowest BCUT2D eigenvalue weighted by atomic mass is 9.90. The van der Waals surface area contributed by atoms with E-state index in [4.69, 9.17) is 4.74 Å². The summed E-state index contributed by atoms with van der Waals surface area (Å²) in [7, 11) is 3.95. The van der Waals surface area contributed by atoms with Crippen molar-refractivity contribution in [2.45, 2.75) is 19.1 Å². The van der Waals surface area contributed by atoms with E-state index in [-0.39, 0.29) is 16.8 Å². The smallest absolute Gasteiger partial charge is 0.416 e. The van der Waals surface area contributed by atoms with Crippen LogP contribution in [0.3, 0.4) is 0 Å². The maximum atomic E-state index is 13.4. The highest BCUT2D eigenvalue weighted by Crippen LogP contribution is 2.42. The molecule has 0 aromatic heterocycles. The summed E-state index contributed by atoms with van der Waals surface area (Å²) in [6, 6.07) is 3.19. The molecule has 2 rings (SSSR count). The molecule has 1 aromatic rings. The Bertz CT molecular complexity index is 713. The number of halogens is 3. The Hall–Kier alpha value is -2.51. The Morgan fingerprint density at radius 3 is 2.33 bits per heavy atom. The third-order valence-electron chi connectivity index (χ3n) is 4.11. The number of esters is 1. The van der Waals surface area contributed by atoms with Crippen LogP contribution >= 0.6 is 0 Å². The highest BCUT2D eigenvalue weighted by Gasteiger charge is 2.43. The average molecular weight is 342 g/mol. The number of ether oxygens (including phenoxy) is 1. The van der Waals surface area contributed by atoms with E-state index in [0.717, 1.165) is 18.1 Å². The second-order valence-corrected chi connectivity index (χ2v) is 5.43. The fraction of sp³-hybridized carbons (Fsp3) is 0.375. The van der Waals surface area contributed by atoms with Crippen molar-refractivity contribution in [1.29, 1.82) is 0 Å². The first kappa shape index (κ1) is 17.8. The van der Waals surface area contributed by atoms with Gasteiger partial charge in [0, 0.05) is 19.8 Å². The average Bonchev–Trinajstić information content (AvgIpc) is 2.54. The Morgan fingerprint density at radius 1 is 1.21 bits per heavy atom. The molecule has 130 valence electrons. The third-order valence-corrected chi connectivity index (χ3v) is 4.11. The van der Waals surface area contributed by atoms with Crippen molar-refractivity contribution in [1.82, 2.24) is 9.80 Å². The number of hydrogen-bond acceptors (Lipinski definition) is 3. The molecule has 0 saturated carbocycles. The van der Waals surface area contributed by atoms with E-state index in [1.165, 1.54) is 44.1 Å². The summed E-state index contributed by atoms with van der Waals surface area (Å²) in [4.78, 5) is 26.8. The molecule has 0 radical (unpaired) electrons. The van der Waals surface area contributed by atoms with Crippen LogP contribution in [0.4, 0.5) is 18.0 Å². The van der Waals surface area contributed by atoms with Crippen molar-refractivity contribution < 1.29 is 27.5 Å². The van der Waals surface area contributed by atoms with Gasteiger partial charge in [-0.15, -0.1) is 0 Å². The molecule has 1 aliphatic heterocycles. The molecule has 1 heterocycles. The molecule has 5 nitrogen and oxygen atoms in total. The molecule has 0 N–H and O–H groups in total. The molecular weight excluding hydrogens is 325 g/mol. The molecule has 24 heavy (non-hydrogen) atoms. The van der Waals surface area contributed by atoms with Gasteiger partial charge >= 0.3 is 18.2 Å². The van der Waals surface area contributed by atoms with Crippen LogP contribution in [-0.4, -0.2) is 43.0 Å². The molecule has 0 fully saturated rings. The summed E-state index contributed by atoms with van der Waals surface area (Å²) in [6.07, 6.45) is -4.61. The Kier molecular flexibility index (Phi) is 4.59. The summed E-state index contributed by atoms with van der Waals surface area (Å²) >= 11 is 0. The molecule has 0 spiro atoms. The van der Waals surface area contributed by atoms with Gasteiger partial charge in [0.25, 0.3) is 0 Å². The van der Waals surface area contributed by atoms with Gasteiger partial charge in [0.1, 0.15) is 0 Å². The van der Waals surface area contributed by atoms with Crippen LogP contribution in [0.5, 0.6) is 0 Å². The summed E-state index contributed by atoms with van der Waals surface area (Å²) in [6.45, 7) is 1.50. The zero-order chi connectivity index (χ0) is 18.2. The van der Waals surface area contributed by atoms with Crippen molar-refractivity contribution >= 4 is 12.0 Å². The van der Waals surface area contributed by atoms with Gasteiger partial charge in [-0.2, -0.15) is 13.2 Å². The van der Waals surface area contributed by atoms with Gasteiger partial charge in [0.05, 0.1) is 24.3 Å². The van der Waals surface area contributed by atoms with Crippen LogP contribution < -0.4 is 0 Å². The number of alkyl halides is 3. The molecule has 0 aliphatic carbocycles. The number of nitrogens with zero attached hydrogens (tertiary/aromatic N) is 2. The highest BCUT2D eigenvalue weighted by molar-refractivity contribution is 5.95. The predicted octanol–water partition coefficient (Wildman–Crippen LogP) is 3.19. The van der Waals surface area contributed by atoms with Gasteiger partial charge in [-0.1, -0.05) is 18.2 Å². The Balaban J connectivity index is 2.75. The van der Waals surface area contributed by atoms with Crippen molar-refractivity contribution in [3.63, 3.8) is 0 Å². The molecule has 1 aliphatic rings. The number of urea groups is 1. The molecule has 0 bridgehead atoms. The molecule has 8 heteroatoms. The zero-order valence-corrected chi connectivity index (χ0v) is 13.6. The molecule has 0 unspecified atom stereocenters. The second kappa shape index (κ2) is 6.18. The quantitative estimate of drug-likeness (QED) is 0.776. The minimum absolute atomic E-state index is 0.00111. The SMILES string of the molecule is COC(=O)C1=C(C)N(C)C(=O)N(C)[C@@H]1c1ccccc1C(F)(F)F. The van der Waals surface area contributed by atoms with Gasteiger partial charge in [0.15, 0.2) is 0 Å². The second-order valence-electron chi connectivity index (χ2n) is 5.43. The normalized spacial score (nSPS) is 19.0. The van der Waals surface area contributed by atoms with E-state index in [1.807, 2.05) is 0 Å². The molecule has 2 amide bonds. The number of allylic oxidation sites excluding steroid dienone is 1. The first-order chi connectivity index (χ1) is 11.1. The summed E-state index contributed by atoms with van der Waals surface area (Å²) < 4.78 is 44.8. The number of carbonyl (C=O) groups excluding carboxylic acids is 2. The summed E-state index contributed by atoms with van der Waals surface area (Å²) in [5.74, 6) is -0.777. The van der Waals surface area contributed by atoms with Gasteiger partial charge < -0.3 is 14.5 Å². The predicted molar refractivity (Wildman–Crippen MR) is 79.8 cm³/mol. The van der Waals surface area contributed by atoms with Crippen LogP contribution in [0.15, 0.2) is 35.5 Å². The standard InChI is InChI=1S/C16H17F3N2O3/c1-9-12(14(22)24-4)13(21(3)15(23)20(9)2)10-7-5-6-8-11(10)16(17,18)19/h5-8,13H,1-4H3/t13-/m1/s1. The molecule has 0 saturated heterocycles. The van der Waals surface area contributed by atoms with Crippen LogP contribution in [0.2, 0.25) is 0 Å². The van der Waals surface area contributed by atoms with E-state index >= 15 is 0 Å². The number of methoxy groups -OCH3 is 1. The molecule has 1 atom stereocenters. The fourth-order valence-corrected chi connectivity index (χ4v) is 2.79. The third kappa shape index (κ3) is 2.83. The minimum Gasteiger partial charge on any atom is -0.466 e. The van der Waals surface area contributed by atoms with Gasteiger partial charge in [-0.25, -0.2) is 9.59 Å². The van der Waals surface area contributed by atoms with Crippen LogP contribution in [0.1, 0.15) is 24.1 Å². The Labute approximate surface area is 137 Å². The zero-order valence-electron chi connectivity index (χ0n) is 13.6. The topological polar surface area (TPSA) is 49.9 Å². The highest BCUT2D eigenvalue weighted by atomic mass is 19.4. The summed E-state index contributed by atoms with van der Waals surface area (Å²) in [5, 5.41) is 0. The lowest BCUT2D eigenvalue weighted by Gasteiger charge is -2.40. The van der Waals surface area contributed by atoms with Crippen molar-refractivity contribution in [2.24, 2.45) is 0 Å². The van der Waals surface area contributed by atoms with E-state index in [2.05, 4.69) is 0 Å².